The molecule has 1 aromatic carbocycles. The molecule has 1 aromatic rings. The van der Waals surface area contributed by atoms with Crippen LogP contribution in [0.1, 0.15) is 24.5 Å². The highest BCUT2D eigenvalue weighted by molar-refractivity contribution is 5.86. The van der Waals surface area contributed by atoms with E-state index in [0.717, 1.165) is 26.1 Å². The Morgan fingerprint density at radius 3 is 2.78 bits per heavy atom. The van der Waals surface area contributed by atoms with E-state index in [1.807, 2.05) is 13.0 Å². The highest BCUT2D eigenvalue weighted by atomic mass is 16.4. The number of carbonyl (C=O) groups is 1. The molecule has 1 aliphatic heterocycles. The van der Waals surface area contributed by atoms with Gasteiger partial charge in [-0.3, -0.25) is 4.90 Å². The SMILES string of the molecule is CCC(=CCN1CCc2ccccc2C1)C(=O)O. The lowest BCUT2D eigenvalue weighted by Gasteiger charge is -2.27. The van der Waals surface area contributed by atoms with Crippen LogP contribution in [0.4, 0.5) is 0 Å². The molecular formula is C15H19NO2. The van der Waals surface area contributed by atoms with E-state index in [4.69, 9.17) is 5.11 Å². The Bertz CT molecular complexity index is 465. The first-order valence-corrected chi connectivity index (χ1v) is 6.42. The van der Waals surface area contributed by atoms with Gasteiger partial charge in [-0.25, -0.2) is 4.79 Å². The lowest BCUT2D eigenvalue weighted by atomic mass is 10.00. The Morgan fingerprint density at radius 1 is 1.39 bits per heavy atom. The molecule has 1 heterocycles. The van der Waals surface area contributed by atoms with E-state index in [0.29, 0.717) is 12.0 Å². The average molecular weight is 245 g/mol. The molecule has 1 N–H and O–H groups in total. The Hall–Kier alpha value is -1.61. The number of fused-ring (bicyclic) bond motifs is 1. The van der Waals surface area contributed by atoms with Crippen molar-refractivity contribution in [3.8, 4) is 0 Å². The molecule has 3 heteroatoms. The fraction of sp³-hybridized carbons (Fsp3) is 0.400. The minimum absolute atomic E-state index is 0.508. The summed E-state index contributed by atoms with van der Waals surface area (Å²) in [7, 11) is 0. The standard InChI is InChI=1S/C15H19NO2/c1-2-12(15(17)18)7-9-16-10-8-13-5-3-4-6-14(13)11-16/h3-7H,2,8-11H2,1H3,(H,17,18). The molecule has 0 saturated heterocycles. The van der Waals surface area contributed by atoms with Gasteiger partial charge in [0.05, 0.1) is 0 Å². The van der Waals surface area contributed by atoms with Crippen LogP contribution >= 0.6 is 0 Å². The van der Waals surface area contributed by atoms with E-state index in [-0.39, 0.29) is 0 Å². The molecule has 0 bridgehead atoms. The second-order valence-corrected chi connectivity index (χ2v) is 4.64. The van der Waals surface area contributed by atoms with Gasteiger partial charge in [0, 0.05) is 25.2 Å². The van der Waals surface area contributed by atoms with Crippen molar-refractivity contribution in [2.24, 2.45) is 0 Å². The van der Waals surface area contributed by atoms with Crippen LogP contribution in [0.5, 0.6) is 0 Å². The normalized spacial score (nSPS) is 16.4. The summed E-state index contributed by atoms with van der Waals surface area (Å²) in [5, 5.41) is 8.97. The number of carboxylic acids is 1. The van der Waals surface area contributed by atoms with Crippen LogP contribution in [0, 0.1) is 0 Å². The van der Waals surface area contributed by atoms with Gasteiger partial charge in [-0.2, -0.15) is 0 Å². The maximum Gasteiger partial charge on any atom is 0.331 e. The fourth-order valence-corrected chi connectivity index (χ4v) is 2.33. The van der Waals surface area contributed by atoms with Crippen LogP contribution in [0.2, 0.25) is 0 Å². The number of benzene rings is 1. The van der Waals surface area contributed by atoms with Gasteiger partial charge in [0.1, 0.15) is 0 Å². The molecule has 0 radical (unpaired) electrons. The van der Waals surface area contributed by atoms with Crippen LogP contribution in [0.25, 0.3) is 0 Å². The van der Waals surface area contributed by atoms with E-state index >= 15 is 0 Å². The predicted molar refractivity (Wildman–Crippen MR) is 71.4 cm³/mol. The number of aliphatic carboxylic acids is 1. The summed E-state index contributed by atoms with van der Waals surface area (Å²) in [6.07, 6.45) is 3.48. The Kier molecular flexibility index (Phi) is 4.15. The zero-order valence-corrected chi connectivity index (χ0v) is 10.7. The molecule has 0 aromatic heterocycles. The number of nitrogens with zero attached hydrogens (tertiary/aromatic N) is 1. The van der Waals surface area contributed by atoms with Gasteiger partial charge in [0.15, 0.2) is 0 Å². The van der Waals surface area contributed by atoms with Crippen LogP contribution in [-0.2, 0) is 17.8 Å². The zero-order chi connectivity index (χ0) is 13.0. The van der Waals surface area contributed by atoms with Crippen molar-refractivity contribution in [1.29, 1.82) is 0 Å². The van der Waals surface area contributed by atoms with Crippen molar-refractivity contribution in [2.45, 2.75) is 26.3 Å². The Labute approximate surface area is 108 Å². The van der Waals surface area contributed by atoms with Crippen molar-refractivity contribution in [2.75, 3.05) is 13.1 Å². The lowest BCUT2D eigenvalue weighted by Crippen LogP contribution is -2.30. The molecule has 1 aliphatic rings. The third kappa shape index (κ3) is 2.99. The monoisotopic (exact) mass is 245 g/mol. The fourth-order valence-electron chi connectivity index (χ4n) is 2.33. The molecule has 2 rings (SSSR count). The number of hydrogen-bond acceptors (Lipinski definition) is 2. The highest BCUT2D eigenvalue weighted by Crippen LogP contribution is 2.18. The van der Waals surface area contributed by atoms with Crippen molar-refractivity contribution < 1.29 is 9.90 Å². The highest BCUT2D eigenvalue weighted by Gasteiger charge is 2.15. The molecule has 0 spiro atoms. The van der Waals surface area contributed by atoms with E-state index < -0.39 is 5.97 Å². The summed E-state index contributed by atoms with van der Waals surface area (Å²) in [6.45, 7) is 4.53. The first-order chi connectivity index (χ1) is 8.70. The molecule has 3 nitrogen and oxygen atoms in total. The average Bonchev–Trinajstić information content (AvgIpc) is 2.39. The van der Waals surface area contributed by atoms with Gasteiger partial charge in [-0.15, -0.1) is 0 Å². The quantitative estimate of drug-likeness (QED) is 0.828. The third-order valence-electron chi connectivity index (χ3n) is 3.46. The van der Waals surface area contributed by atoms with Crippen molar-refractivity contribution in [3.05, 3.63) is 47.0 Å². The molecule has 18 heavy (non-hydrogen) atoms. The van der Waals surface area contributed by atoms with Crippen molar-refractivity contribution >= 4 is 5.97 Å². The minimum Gasteiger partial charge on any atom is -0.478 e. The van der Waals surface area contributed by atoms with Crippen LogP contribution in [0.15, 0.2) is 35.9 Å². The first-order valence-electron chi connectivity index (χ1n) is 6.42. The molecule has 0 aliphatic carbocycles. The van der Waals surface area contributed by atoms with E-state index in [9.17, 15) is 4.79 Å². The van der Waals surface area contributed by atoms with E-state index in [1.165, 1.54) is 11.1 Å². The second-order valence-electron chi connectivity index (χ2n) is 4.64. The third-order valence-corrected chi connectivity index (χ3v) is 3.46. The topological polar surface area (TPSA) is 40.5 Å². The molecule has 0 amide bonds. The van der Waals surface area contributed by atoms with Crippen LogP contribution in [0.3, 0.4) is 0 Å². The largest absolute Gasteiger partial charge is 0.478 e. The van der Waals surface area contributed by atoms with E-state index in [1.54, 1.807) is 0 Å². The summed E-state index contributed by atoms with van der Waals surface area (Å²) in [6, 6.07) is 8.47. The molecule has 0 saturated carbocycles. The maximum absolute atomic E-state index is 10.9. The van der Waals surface area contributed by atoms with Crippen LogP contribution < -0.4 is 0 Å². The van der Waals surface area contributed by atoms with Gasteiger partial charge in [0.2, 0.25) is 0 Å². The van der Waals surface area contributed by atoms with Crippen molar-refractivity contribution in [1.82, 2.24) is 4.90 Å². The van der Waals surface area contributed by atoms with Gasteiger partial charge in [0.25, 0.3) is 0 Å². The van der Waals surface area contributed by atoms with Gasteiger partial charge in [-0.05, 0) is 24.0 Å². The molecule has 0 atom stereocenters. The molecule has 0 unspecified atom stereocenters. The lowest BCUT2D eigenvalue weighted by molar-refractivity contribution is -0.132. The van der Waals surface area contributed by atoms with E-state index in [2.05, 4.69) is 29.2 Å². The summed E-state index contributed by atoms with van der Waals surface area (Å²) in [5.41, 5.74) is 3.30. The summed E-state index contributed by atoms with van der Waals surface area (Å²) >= 11 is 0. The first kappa shape index (κ1) is 12.8. The summed E-state index contributed by atoms with van der Waals surface area (Å²) in [5.74, 6) is -0.796. The van der Waals surface area contributed by atoms with Gasteiger partial charge < -0.3 is 5.11 Å². The number of rotatable bonds is 4. The summed E-state index contributed by atoms with van der Waals surface area (Å²) in [4.78, 5) is 13.2. The maximum atomic E-state index is 10.9. The van der Waals surface area contributed by atoms with Crippen LogP contribution in [-0.4, -0.2) is 29.1 Å². The molecule has 0 fully saturated rings. The number of carboxylic acid groups (broad SMARTS) is 1. The van der Waals surface area contributed by atoms with Gasteiger partial charge >= 0.3 is 5.97 Å². The Balaban J connectivity index is 2.00. The van der Waals surface area contributed by atoms with Gasteiger partial charge in [-0.1, -0.05) is 37.3 Å². The number of hydrogen-bond donors (Lipinski definition) is 1. The summed E-state index contributed by atoms with van der Waals surface area (Å²) < 4.78 is 0. The molecular weight excluding hydrogens is 226 g/mol. The van der Waals surface area contributed by atoms with Crippen molar-refractivity contribution in [3.63, 3.8) is 0 Å². The predicted octanol–water partition coefficient (Wildman–Crippen LogP) is 2.47. The second kappa shape index (κ2) is 5.83. The zero-order valence-electron chi connectivity index (χ0n) is 10.7. The minimum atomic E-state index is -0.796. The molecule has 96 valence electrons. The Morgan fingerprint density at radius 2 is 2.11 bits per heavy atom. The smallest absolute Gasteiger partial charge is 0.331 e.